The van der Waals surface area contributed by atoms with E-state index in [4.69, 9.17) is 9.47 Å². The summed E-state index contributed by atoms with van der Waals surface area (Å²) in [6, 6.07) is 13.9. The molecular weight excluding hydrogens is 364 g/mol. The summed E-state index contributed by atoms with van der Waals surface area (Å²) >= 11 is 0. The molecule has 1 aliphatic rings. The molecule has 8 heteroatoms. The molecule has 0 saturated heterocycles. The van der Waals surface area contributed by atoms with E-state index in [1.165, 1.54) is 0 Å². The van der Waals surface area contributed by atoms with Crippen LogP contribution < -0.4 is 14.2 Å². The molecule has 3 rings (SSSR count). The standard InChI is InChI=1S/C17H20N2O4S.ClH/c1-19(2)15(13-8-9-16-17(10-13)23-12-22-16)11-18-24(20,21)14-6-4-3-5-7-14;/h3-10,15,18H,11-12H2,1-2H3;1H. The van der Waals surface area contributed by atoms with Crippen LogP contribution in [0.25, 0.3) is 0 Å². The van der Waals surface area contributed by atoms with E-state index in [9.17, 15) is 8.42 Å². The number of nitrogens with one attached hydrogen (secondary N) is 1. The first-order valence-electron chi connectivity index (χ1n) is 7.58. The van der Waals surface area contributed by atoms with Crippen LogP contribution in [0.3, 0.4) is 0 Å². The lowest BCUT2D eigenvalue weighted by Gasteiger charge is -2.25. The summed E-state index contributed by atoms with van der Waals surface area (Å²) in [6.45, 7) is 0.468. The van der Waals surface area contributed by atoms with Crippen LogP contribution in [-0.2, 0) is 10.0 Å². The van der Waals surface area contributed by atoms with Crippen molar-refractivity contribution in [3.05, 3.63) is 54.1 Å². The fourth-order valence-corrected chi connectivity index (χ4v) is 3.65. The van der Waals surface area contributed by atoms with Crippen molar-refractivity contribution in [3.8, 4) is 11.5 Å². The molecule has 6 nitrogen and oxygen atoms in total. The monoisotopic (exact) mass is 384 g/mol. The van der Waals surface area contributed by atoms with Gasteiger partial charge in [-0.15, -0.1) is 12.4 Å². The van der Waals surface area contributed by atoms with E-state index < -0.39 is 10.0 Å². The van der Waals surface area contributed by atoms with Gasteiger partial charge in [0.15, 0.2) is 11.5 Å². The zero-order chi connectivity index (χ0) is 17.2. The number of sulfonamides is 1. The molecule has 25 heavy (non-hydrogen) atoms. The number of likely N-dealkylation sites (N-methyl/N-ethyl adjacent to an activating group) is 1. The summed E-state index contributed by atoms with van der Waals surface area (Å²) in [6.07, 6.45) is 0. The van der Waals surface area contributed by atoms with E-state index in [1.807, 2.05) is 37.2 Å². The van der Waals surface area contributed by atoms with Crippen molar-refractivity contribution in [2.45, 2.75) is 10.9 Å². The van der Waals surface area contributed by atoms with Crippen molar-refractivity contribution in [1.82, 2.24) is 9.62 Å². The Balaban J connectivity index is 0.00000225. The van der Waals surface area contributed by atoms with Gasteiger partial charge in [-0.05, 0) is 43.9 Å². The maximum Gasteiger partial charge on any atom is 0.240 e. The molecule has 2 aromatic carbocycles. The average molecular weight is 385 g/mol. The zero-order valence-corrected chi connectivity index (χ0v) is 15.6. The summed E-state index contributed by atoms with van der Waals surface area (Å²) in [5.41, 5.74) is 0.958. The van der Waals surface area contributed by atoms with Gasteiger partial charge >= 0.3 is 0 Å². The highest BCUT2D eigenvalue weighted by molar-refractivity contribution is 7.89. The Morgan fingerprint density at radius 3 is 2.44 bits per heavy atom. The van der Waals surface area contributed by atoms with Crippen molar-refractivity contribution in [1.29, 1.82) is 0 Å². The van der Waals surface area contributed by atoms with Crippen LogP contribution in [0.15, 0.2) is 53.4 Å². The molecule has 136 valence electrons. The van der Waals surface area contributed by atoms with E-state index in [0.717, 1.165) is 5.56 Å². The second-order valence-electron chi connectivity index (χ2n) is 5.76. The summed E-state index contributed by atoms with van der Waals surface area (Å²) in [5, 5.41) is 0. The van der Waals surface area contributed by atoms with Crippen molar-refractivity contribution >= 4 is 22.4 Å². The van der Waals surface area contributed by atoms with Gasteiger partial charge in [0, 0.05) is 12.6 Å². The molecule has 0 amide bonds. The molecule has 0 bridgehead atoms. The molecular formula is C17H21ClN2O4S. The number of halogens is 1. The highest BCUT2D eigenvalue weighted by Crippen LogP contribution is 2.35. The molecule has 0 aliphatic carbocycles. The van der Waals surface area contributed by atoms with Crippen molar-refractivity contribution < 1.29 is 17.9 Å². The molecule has 0 radical (unpaired) electrons. The Kier molecular flexibility index (Phi) is 6.29. The van der Waals surface area contributed by atoms with Gasteiger partial charge in [-0.3, -0.25) is 0 Å². The first kappa shape index (κ1) is 19.5. The van der Waals surface area contributed by atoms with Gasteiger partial charge in [0.05, 0.1) is 4.90 Å². The van der Waals surface area contributed by atoms with Crippen LogP contribution in [0, 0.1) is 0 Å². The third kappa shape index (κ3) is 4.43. The van der Waals surface area contributed by atoms with E-state index >= 15 is 0 Å². The number of nitrogens with zero attached hydrogens (tertiary/aromatic N) is 1. The molecule has 1 unspecified atom stereocenters. The maximum absolute atomic E-state index is 12.4. The average Bonchev–Trinajstić information content (AvgIpc) is 3.03. The fraction of sp³-hybridized carbons (Fsp3) is 0.294. The molecule has 0 fully saturated rings. The van der Waals surface area contributed by atoms with Crippen LogP contribution in [0.1, 0.15) is 11.6 Å². The Hall–Kier alpha value is -1.80. The SMILES string of the molecule is CN(C)C(CNS(=O)(=O)c1ccccc1)c1ccc2c(c1)OCO2.Cl. The van der Waals surface area contributed by atoms with Gasteiger partial charge in [0.25, 0.3) is 0 Å². The predicted molar refractivity (Wildman–Crippen MR) is 97.9 cm³/mol. The van der Waals surface area contributed by atoms with Gasteiger partial charge in [0.1, 0.15) is 0 Å². The minimum atomic E-state index is -3.54. The second kappa shape index (κ2) is 8.05. The Labute approximate surface area is 154 Å². The van der Waals surface area contributed by atoms with Crippen LogP contribution in [0.4, 0.5) is 0 Å². The van der Waals surface area contributed by atoms with E-state index in [1.54, 1.807) is 30.3 Å². The van der Waals surface area contributed by atoms with Crippen LogP contribution in [-0.4, -0.2) is 40.8 Å². The smallest absolute Gasteiger partial charge is 0.240 e. The van der Waals surface area contributed by atoms with E-state index in [0.29, 0.717) is 11.5 Å². The third-order valence-electron chi connectivity index (χ3n) is 3.92. The Morgan fingerprint density at radius 1 is 1.08 bits per heavy atom. The summed E-state index contributed by atoms with van der Waals surface area (Å²) in [7, 11) is 0.277. The molecule has 0 spiro atoms. The van der Waals surface area contributed by atoms with Crippen LogP contribution in [0.5, 0.6) is 11.5 Å². The quantitative estimate of drug-likeness (QED) is 0.828. The third-order valence-corrected chi connectivity index (χ3v) is 5.36. The molecule has 1 N–H and O–H groups in total. The summed E-state index contributed by atoms with van der Waals surface area (Å²) in [5.74, 6) is 1.39. The minimum absolute atomic E-state index is 0. The molecule has 0 saturated carbocycles. The van der Waals surface area contributed by atoms with Gasteiger partial charge in [0.2, 0.25) is 16.8 Å². The number of hydrogen-bond acceptors (Lipinski definition) is 5. The minimum Gasteiger partial charge on any atom is -0.454 e. The van der Waals surface area contributed by atoms with Crippen molar-refractivity contribution in [3.63, 3.8) is 0 Å². The lowest BCUT2D eigenvalue weighted by atomic mass is 10.1. The topological polar surface area (TPSA) is 67.9 Å². The van der Waals surface area contributed by atoms with Crippen LogP contribution in [0.2, 0.25) is 0 Å². The largest absolute Gasteiger partial charge is 0.454 e. The molecule has 1 heterocycles. The fourth-order valence-electron chi connectivity index (χ4n) is 2.59. The number of hydrogen-bond donors (Lipinski definition) is 1. The van der Waals surface area contributed by atoms with Gasteiger partial charge < -0.3 is 14.4 Å². The predicted octanol–water partition coefficient (Wildman–Crippen LogP) is 2.42. The molecule has 1 atom stereocenters. The zero-order valence-electron chi connectivity index (χ0n) is 14.0. The lowest BCUT2D eigenvalue weighted by molar-refractivity contribution is 0.174. The number of fused-ring (bicyclic) bond motifs is 1. The highest BCUT2D eigenvalue weighted by Gasteiger charge is 2.22. The summed E-state index contributed by atoms with van der Waals surface area (Å²) in [4.78, 5) is 2.22. The number of ether oxygens (including phenoxy) is 2. The lowest BCUT2D eigenvalue weighted by Crippen LogP contribution is -2.34. The Bertz CT molecular complexity index is 813. The van der Waals surface area contributed by atoms with Crippen LogP contribution >= 0.6 is 12.4 Å². The molecule has 2 aromatic rings. The van der Waals surface area contributed by atoms with Crippen molar-refractivity contribution in [2.24, 2.45) is 0 Å². The first-order chi connectivity index (χ1) is 11.5. The highest BCUT2D eigenvalue weighted by atomic mass is 35.5. The number of rotatable bonds is 6. The first-order valence-corrected chi connectivity index (χ1v) is 9.06. The molecule has 1 aliphatic heterocycles. The maximum atomic E-state index is 12.4. The van der Waals surface area contributed by atoms with E-state index in [2.05, 4.69) is 4.72 Å². The molecule has 0 aromatic heterocycles. The van der Waals surface area contributed by atoms with Gasteiger partial charge in [-0.1, -0.05) is 24.3 Å². The normalized spacial score (nSPS) is 14.2. The Morgan fingerprint density at radius 2 is 1.76 bits per heavy atom. The van der Waals surface area contributed by atoms with Crippen molar-refractivity contribution in [2.75, 3.05) is 27.4 Å². The van der Waals surface area contributed by atoms with Gasteiger partial charge in [-0.2, -0.15) is 0 Å². The number of benzene rings is 2. The van der Waals surface area contributed by atoms with Gasteiger partial charge in [-0.25, -0.2) is 13.1 Å². The van der Waals surface area contributed by atoms with E-state index in [-0.39, 0.29) is 36.7 Å². The summed E-state index contributed by atoms with van der Waals surface area (Å²) < 4.78 is 38.2. The second-order valence-corrected chi connectivity index (χ2v) is 7.52.